The van der Waals surface area contributed by atoms with Crippen LogP contribution in [0.3, 0.4) is 0 Å². The molecule has 2 bridgehead atoms. The Labute approximate surface area is 185 Å². The average molecular weight is 454 g/mol. The van der Waals surface area contributed by atoms with Gasteiger partial charge in [-0.1, -0.05) is 24.3 Å². The maximum absolute atomic E-state index is 12.2. The highest BCUT2D eigenvalue weighted by Gasteiger charge is 2.51. The Kier molecular flexibility index (Phi) is 7.99. The molecular formula is C22H30N2O8. The van der Waals surface area contributed by atoms with Crippen molar-refractivity contribution >= 4 is 11.8 Å². The van der Waals surface area contributed by atoms with Crippen molar-refractivity contribution < 1.29 is 39.8 Å². The van der Waals surface area contributed by atoms with Gasteiger partial charge in [0.05, 0.1) is 25.4 Å². The van der Waals surface area contributed by atoms with Gasteiger partial charge in [0.15, 0.2) is 0 Å². The summed E-state index contributed by atoms with van der Waals surface area (Å²) in [6.07, 6.45) is 2.52. The smallest absolute Gasteiger partial charge is 0.220 e. The van der Waals surface area contributed by atoms with Crippen LogP contribution in [-0.4, -0.2) is 70.8 Å². The second-order valence-corrected chi connectivity index (χ2v) is 8.11. The van der Waals surface area contributed by atoms with Crippen molar-refractivity contribution in [1.29, 1.82) is 0 Å². The van der Waals surface area contributed by atoms with Crippen LogP contribution in [0.2, 0.25) is 0 Å². The van der Waals surface area contributed by atoms with Crippen molar-refractivity contribution in [3.05, 3.63) is 47.5 Å². The Morgan fingerprint density at radius 3 is 1.56 bits per heavy atom. The highest BCUT2D eigenvalue weighted by Crippen LogP contribution is 2.52. The lowest BCUT2D eigenvalue weighted by atomic mass is 9.74. The molecule has 0 radical (unpaired) electrons. The summed E-state index contributed by atoms with van der Waals surface area (Å²) in [7, 11) is 0. The number of amides is 2. The van der Waals surface area contributed by atoms with Crippen LogP contribution in [0.4, 0.5) is 0 Å². The molecule has 4 atom stereocenters. The standard InChI is InChI=1S/C22H30N2O8/c25-13-15(27)11-23-19(29)5-7-21-9-10-22(32-31-21,18-4-2-1-3-17(18)21)8-6-20(30)24-12-16(28)14-26/h1-4,9-10,15-16,25-28H,5-8,11-14H2,(H,23,29)(H,24,30)/t15?,16?,21-,22+/i31+2,32+2. The lowest BCUT2D eigenvalue weighted by molar-refractivity contribution is -0.424. The van der Waals surface area contributed by atoms with Crippen LogP contribution >= 0.6 is 0 Å². The van der Waals surface area contributed by atoms with E-state index in [4.69, 9.17) is 20.0 Å². The molecular weight excluding hydrogens is 424 g/mol. The van der Waals surface area contributed by atoms with E-state index in [2.05, 4.69) is 10.6 Å². The molecule has 0 fully saturated rings. The molecule has 10 heteroatoms. The van der Waals surface area contributed by atoms with Gasteiger partial charge in [0.2, 0.25) is 11.8 Å². The first-order valence-corrected chi connectivity index (χ1v) is 10.6. The van der Waals surface area contributed by atoms with E-state index in [1.165, 1.54) is 0 Å². The van der Waals surface area contributed by atoms with E-state index in [1.807, 2.05) is 36.4 Å². The summed E-state index contributed by atoms with van der Waals surface area (Å²) in [6.45, 7) is -0.932. The molecule has 1 aliphatic carbocycles. The van der Waals surface area contributed by atoms with E-state index in [0.29, 0.717) is 12.8 Å². The normalized spacial score (nSPS) is 25.1. The van der Waals surface area contributed by atoms with Gasteiger partial charge >= 0.3 is 0 Å². The molecule has 32 heavy (non-hydrogen) atoms. The number of benzene rings is 1. The number of carbonyl (C=O) groups excluding carboxylic acids is 2. The van der Waals surface area contributed by atoms with Crippen molar-refractivity contribution in [3.8, 4) is 0 Å². The highest BCUT2D eigenvalue weighted by molar-refractivity contribution is 5.76. The SMILES string of the molecule is O=C(CC[C@@]12C=C[C@@](CCC(=O)NCC(O)CO)([18O][18O]1)c1ccccc12)NCC(O)CO. The number of hydrogen-bond acceptors (Lipinski definition) is 8. The van der Waals surface area contributed by atoms with Crippen LogP contribution in [0.25, 0.3) is 0 Å². The number of fused-ring (bicyclic) bond motifs is 1. The molecule has 10 nitrogen and oxygen atoms in total. The lowest BCUT2D eigenvalue weighted by Crippen LogP contribution is -2.48. The first kappa shape index (κ1) is 24.3. The van der Waals surface area contributed by atoms with Gasteiger partial charge in [-0.3, -0.25) is 9.59 Å². The van der Waals surface area contributed by atoms with Crippen LogP contribution in [-0.2, 0) is 30.6 Å². The van der Waals surface area contributed by atoms with Crippen molar-refractivity contribution in [2.24, 2.45) is 0 Å². The Balaban J connectivity index is 1.66. The number of carbonyl (C=O) groups is 2. The van der Waals surface area contributed by atoms with Gasteiger partial charge in [0, 0.05) is 25.9 Å². The molecule has 1 aromatic rings. The third kappa shape index (κ3) is 5.34. The Hall–Kier alpha value is -2.34. The van der Waals surface area contributed by atoms with Gasteiger partial charge in [0.25, 0.3) is 0 Å². The molecule has 176 valence electrons. The predicted molar refractivity (Wildman–Crippen MR) is 112 cm³/mol. The molecule has 0 saturated heterocycles. The molecule has 2 heterocycles. The number of rotatable bonds is 12. The predicted octanol–water partition coefficient (Wildman–Crippen LogP) is -0.892. The minimum atomic E-state index is -1.01. The molecule has 4 rings (SSSR count). The van der Waals surface area contributed by atoms with Crippen LogP contribution in [0.15, 0.2) is 36.4 Å². The maximum atomic E-state index is 12.2. The molecule has 1 aromatic carbocycles. The number of nitrogens with one attached hydrogen (secondary N) is 2. The minimum Gasteiger partial charge on any atom is -0.394 e. The van der Waals surface area contributed by atoms with E-state index in [9.17, 15) is 19.8 Å². The van der Waals surface area contributed by atoms with Gasteiger partial charge in [0.1, 0.15) is 11.2 Å². The summed E-state index contributed by atoms with van der Waals surface area (Å²) in [5.74, 6) is -0.573. The Bertz CT molecular complexity index is 780. The van der Waals surface area contributed by atoms with Crippen molar-refractivity contribution in [1.82, 2.24) is 10.6 Å². The van der Waals surface area contributed by atoms with Gasteiger partial charge < -0.3 is 31.1 Å². The Morgan fingerprint density at radius 2 is 1.22 bits per heavy atom. The van der Waals surface area contributed by atoms with E-state index >= 15 is 0 Å². The molecule has 6 N–H and O–H groups in total. The number of aliphatic hydroxyl groups excluding tert-OH is 4. The molecule has 0 aromatic heterocycles. The fourth-order valence-electron chi connectivity index (χ4n) is 3.85. The van der Waals surface area contributed by atoms with E-state index in [1.54, 1.807) is 0 Å². The molecule has 0 saturated carbocycles. The quantitative estimate of drug-likeness (QED) is 0.135. The molecule has 2 amide bonds. The third-order valence-corrected chi connectivity index (χ3v) is 5.74. The van der Waals surface area contributed by atoms with E-state index in [-0.39, 0.29) is 37.7 Å². The van der Waals surface area contributed by atoms with Crippen molar-refractivity contribution in [2.75, 3.05) is 26.3 Å². The summed E-state index contributed by atoms with van der Waals surface area (Å²) in [5.41, 5.74) is -0.182. The molecule has 2 unspecified atom stereocenters. The summed E-state index contributed by atoms with van der Waals surface area (Å²) in [6, 6.07) is 7.54. The van der Waals surface area contributed by atoms with Crippen LogP contribution in [0, 0.1) is 0 Å². The zero-order chi connectivity index (χ0) is 23.2. The van der Waals surface area contributed by atoms with Crippen molar-refractivity contribution in [2.45, 2.75) is 49.1 Å². The van der Waals surface area contributed by atoms with Gasteiger partial charge in [-0.25, -0.2) is 9.78 Å². The van der Waals surface area contributed by atoms with Crippen LogP contribution in [0.1, 0.15) is 36.8 Å². The molecule has 2 aliphatic heterocycles. The average Bonchev–Trinajstić information content (AvgIpc) is 2.84. The van der Waals surface area contributed by atoms with Crippen LogP contribution < -0.4 is 10.6 Å². The van der Waals surface area contributed by atoms with E-state index < -0.39 is 36.6 Å². The molecule has 0 spiro atoms. The Morgan fingerprint density at radius 1 is 0.812 bits per heavy atom. The highest BCUT2D eigenvalue weighted by atomic mass is 19.1. The lowest BCUT2D eigenvalue weighted by Gasteiger charge is -2.48. The fourth-order valence-corrected chi connectivity index (χ4v) is 3.85. The zero-order valence-electron chi connectivity index (χ0n) is 17.7. The summed E-state index contributed by atoms with van der Waals surface area (Å²) in [5, 5.41) is 41.6. The topological polar surface area (TPSA) is 158 Å². The summed E-state index contributed by atoms with van der Waals surface area (Å²) >= 11 is 0. The number of hydrogen-bond donors (Lipinski definition) is 6. The second kappa shape index (κ2) is 10.5. The van der Waals surface area contributed by atoms with Gasteiger partial charge in [-0.15, -0.1) is 0 Å². The zero-order valence-corrected chi connectivity index (χ0v) is 17.7. The number of aliphatic hydroxyl groups is 4. The fraction of sp³-hybridized carbons (Fsp3) is 0.545. The first-order chi connectivity index (χ1) is 15.3. The maximum Gasteiger partial charge on any atom is 0.220 e. The van der Waals surface area contributed by atoms with Crippen molar-refractivity contribution in [3.63, 3.8) is 0 Å². The summed E-state index contributed by atoms with van der Waals surface area (Å²) in [4.78, 5) is 35.9. The molecule has 3 aliphatic rings. The largest absolute Gasteiger partial charge is 0.394 e. The summed E-state index contributed by atoms with van der Waals surface area (Å²) < 4.78 is 0. The second-order valence-electron chi connectivity index (χ2n) is 8.11. The minimum absolute atomic E-state index is 0.0351. The third-order valence-electron chi connectivity index (χ3n) is 5.74. The van der Waals surface area contributed by atoms with Crippen LogP contribution in [0.5, 0.6) is 0 Å². The first-order valence-electron chi connectivity index (χ1n) is 10.6. The van der Waals surface area contributed by atoms with Gasteiger partial charge in [-0.05, 0) is 36.1 Å². The monoisotopic (exact) mass is 454 g/mol. The van der Waals surface area contributed by atoms with Gasteiger partial charge in [-0.2, -0.15) is 0 Å². The van der Waals surface area contributed by atoms with E-state index in [0.717, 1.165) is 11.1 Å².